The van der Waals surface area contributed by atoms with Gasteiger partial charge in [-0.05, 0) is 25.0 Å². The number of hydrogen-bond acceptors (Lipinski definition) is 3. The number of carbonyl (C=O) groups excluding carboxylic acids is 1. The van der Waals surface area contributed by atoms with Crippen LogP contribution in [0.5, 0.6) is 0 Å². The number of rotatable bonds is 4. The van der Waals surface area contributed by atoms with Crippen LogP contribution in [-0.2, 0) is 4.79 Å². The number of anilines is 1. The number of amides is 1. The van der Waals surface area contributed by atoms with Crippen LogP contribution in [-0.4, -0.2) is 21.9 Å². The van der Waals surface area contributed by atoms with Crippen LogP contribution >= 0.6 is 11.8 Å². The molecular weight excluding hydrogens is 232 g/mol. The first kappa shape index (κ1) is 12.4. The zero-order valence-electron chi connectivity index (χ0n) is 9.89. The molecule has 1 heterocycles. The van der Waals surface area contributed by atoms with E-state index in [0.717, 1.165) is 5.69 Å². The van der Waals surface area contributed by atoms with Crippen LogP contribution in [0.1, 0.15) is 32.1 Å². The minimum atomic E-state index is 0.0896. The van der Waals surface area contributed by atoms with Gasteiger partial charge in [-0.1, -0.05) is 19.3 Å². The molecule has 0 unspecified atom stereocenters. The van der Waals surface area contributed by atoms with Gasteiger partial charge < -0.3 is 5.32 Å². The molecule has 0 spiro atoms. The fraction of sp³-hybridized carbons (Fsp3) is 0.538. The van der Waals surface area contributed by atoms with E-state index in [-0.39, 0.29) is 5.91 Å². The number of aromatic nitrogens is 1. The van der Waals surface area contributed by atoms with E-state index in [9.17, 15) is 4.79 Å². The van der Waals surface area contributed by atoms with Crippen LogP contribution in [0.3, 0.4) is 0 Å². The summed E-state index contributed by atoms with van der Waals surface area (Å²) in [4.78, 5) is 15.6. The van der Waals surface area contributed by atoms with Crippen LogP contribution in [0, 0.1) is 0 Å². The van der Waals surface area contributed by atoms with Gasteiger partial charge in [0.15, 0.2) is 0 Å². The predicted octanol–water partition coefficient (Wildman–Crippen LogP) is 3.09. The quantitative estimate of drug-likeness (QED) is 0.893. The summed E-state index contributed by atoms with van der Waals surface area (Å²) in [6.07, 6.45) is 9.92. The van der Waals surface area contributed by atoms with Crippen molar-refractivity contribution in [2.24, 2.45) is 0 Å². The number of nitrogens with zero attached hydrogens (tertiary/aromatic N) is 1. The Labute approximate surface area is 106 Å². The van der Waals surface area contributed by atoms with E-state index in [1.165, 1.54) is 32.1 Å². The van der Waals surface area contributed by atoms with E-state index in [2.05, 4.69) is 10.3 Å². The van der Waals surface area contributed by atoms with Gasteiger partial charge in [-0.3, -0.25) is 9.78 Å². The van der Waals surface area contributed by atoms with Crippen molar-refractivity contribution in [2.75, 3.05) is 11.1 Å². The Bertz CT molecular complexity index is 350. The van der Waals surface area contributed by atoms with Crippen molar-refractivity contribution < 1.29 is 4.79 Å². The summed E-state index contributed by atoms with van der Waals surface area (Å²) < 4.78 is 0. The molecule has 3 nitrogen and oxygen atoms in total. The summed E-state index contributed by atoms with van der Waals surface area (Å²) in [5, 5.41) is 3.57. The van der Waals surface area contributed by atoms with Crippen molar-refractivity contribution in [3.8, 4) is 0 Å². The first-order chi connectivity index (χ1) is 8.34. The summed E-state index contributed by atoms with van der Waals surface area (Å²) in [6.45, 7) is 0. The smallest absolute Gasteiger partial charge is 0.234 e. The van der Waals surface area contributed by atoms with Crippen LogP contribution in [0.15, 0.2) is 24.5 Å². The molecule has 1 N–H and O–H groups in total. The lowest BCUT2D eigenvalue weighted by Crippen LogP contribution is -2.17. The van der Waals surface area contributed by atoms with Gasteiger partial charge in [-0.15, -0.1) is 11.8 Å². The lowest BCUT2D eigenvalue weighted by Gasteiger charge is -2.20. The molecule has 1 amide bonds. The molecule has 0 saturated heterocycles. The maximum absolute atomic E-state index is 11.7. The molecule has 4 heteroatoms. The summed E-state index contributed by atoms with van der Waals surface area (Å²) in [5.41, 5.74) is 0.828. The zero-order valence-corrected chi connectivity index (χ0v) is 10.7. The molecule has 1 aliphatic rings. The Morgan fingerprint density at radius 2 is 2.00 bits per heavy atom. The van der Waals surface area contributed by atoms with E-state index in [4.69, 9.17) is 0 Å². The highest BCUT2D eigenvalue weighted by Crippen LogP contribution is 2.28. The fourth-order valence-electron chi connectivity index (χ4n) is 2.06. The molecule has 0 aromatic carbocycles. The average molecular weight is 250 g/mol. The van der Waals surface area contributed by atoms with Crippen LogP contribution in [0.25, 0.3) is 0 Å². The third-order valence-electron chi connectivity index (χ3n) is 2.97. The van der Waals surface area contributed by atoms with E-state index >= 15 is 0 Å². The van der Waals surface area contributed by atoms with Gasteiger partial charge in [0.1, 0.15) is 0 Å². The topological polar surface area (TPSA) is 42.0 Å². The average Bonchev–Trinajstić information content (AvgIpc) is 2.39. The van der Waals surface area contributed by atoms with Crippen LogP contribution in [0.2, 0.25) is 0 Å². The summed E-state index contributed by atoms with van der Waals surface area (Å²) in [5.74, 6) is 0.652. The van der Waals surface area contributed by atoms with Gasteiger partial charge in [0.25, 0.3) is 0 Å². The number of pyridine rings is 1. The lowest BCUT2D eigenvalue weighted by atomic mass is 10.0. The molecule has 92 valence electrons. The van der Waals surface area contributed by atoms with Gasteiger partial charge in [0.2, 0.25) is 5.91 Å². The molecule has 1 fully saturated rings. The van der Waals surface area contributed by atoms with Crippen molar-refractivity contribution >= 4 is 23.4 Å². The molecule has 17 heavy (non-hydrogen) atoms. The minimum Gasteiger partial charge on any atom is -0.325 e. The van der Waals surface area contributed by atoms with E-state index in [1.807, 2.05) is 12.1 Å². The molecule has 0 bridgehead atoms. The highest BCUT2D eigenvalue weighted by Gasteiger charge is 2.15. The van der Waals surface area contributed by atoms with Crippen molar-refractivity contribution in [3.05, 3.63) is 24.5 Å². The van der Waals surface area contributed by atoms with Gasteiger partial charge >= 0.3 is 0 Å². The van der Waals surface area contributed by atoms with Crippen molar-refractivity contribution in [1.29, 1.82) is 0 Å². The van der Waals surface area contributed by atoms with Crippen molar-refractivity contribution in [1.82, 2.24) is 4.98 Å². The number of carbonyl (C=O) groups is 1. The molecule has 1 aliphatic carbocycles. The third kappa shape index (κ3) is 4.38. The zero-order chi connectivity index (χ0) is 11.9. The number of hydrogen-bond donors (Lipinski definition) is 1. The van der Waals surface area contributed by atoms with Crippen molar-refractivity contribution in [2.45, 2.75) is 37.4 Å². The first-order valence-electron chi connectivity index (χ1n) is 6.16. The second kappa shape index (κ2) is 6.64. The van der Waals surface area contributed by atoms with E-state index in [1.54, 1.807) is 24.2 Å². The molecule has 0 aliphatic heterocycles. The van der Waals surface area contributed by atoms with Crippen molar-refractivity contribution in [3.63, 3.8) is 0 Å². The minimum absolute atomic E-state index is 0.0896. The van der Waals surface area contributed by atoms with Gasteiger partial charge in [-0.25, -0.2) is 0 Å². The summed E-state index contributed by atoms with van der Waals surface area (Å²) >= 11 is 1.80. The molecule has 0 atom stereocenters. The second-order valence-corrected chi connectivity index (χ2v) is 5.64. The Morgan fingerprint density at radius 1 is 1.29 bits per heavy atom. The van der Waals surface area contributed by atoms with Gasteiger partial charge in [0, 0.05) is 23.3 Å². The van der Waals surface area contributed by atoms with Gasteiger partial charge in [-0.2, -0.15) is 0 Å². The molecule has 1 aromatic rings. The van der Waals surface area contributed by atoms with E-state index in [0.29, 0.717) is 11.0 Å². The fourth-order valence-corrected chi connectivity index (χ4v) is 3.18. The highest BCUT2D eigenvalue weighted by molar-refractivity contribution is 8.00. The molecular formula is C13H18N2OS. The summed E-state index contributed by atoms with van der Waals surface area (Å²) in [6, 6.07) is 3.62. The highest BCUT2D eigenvalue weighted by atomic mass is 32.2. The largest absolute Gasteiger partial charge is 0.325 e. The second-order valence-electron chi connectivity index (χ2n) is 4.36. The van der Waals surface area contributed by atoms with Gasteiger partial charge in [0.05, 0.1) is 5.75 Å². The standard InChI is InChI=1S/C13H18N2OS/c16-13(15-11-6-8-14-9-7-11)10-17-12-4-2-1-3-5-12/h6-9,12H,1-5,10H2,(H,14,15,16). The Hall–Kier alpha value is -1.03. The molecule has 2 rings (SSSR count). The number of nitrogens with one attached hydrogen (secondary N) is 1. The lowest BCUT2D eigenvalue weighted by molar-refractivity contribution is -0.113. The van der Waals surface area contributed by atoms with E-state index < -0.39 is 0 Å². The van der Waals surface area contributed by atoms with Crippen LogP contribution < -0.4 is 5.32 Å². The number of thioether (sulfide) groups is 1. The normalized spacial score (nSPS) is 16.7. The molecule has 1 aromatic heterocycles. The third-order valence-corrected chi connectivity index (χ3v) is 4.34. The Balaban J connectivity index is 1.70. The van der Waals surface area contributed by atoms with Crippen LogP contribution in [0.4, 0.5) is 5.69 Å². The maximum atomic E-state index is 11.7. The Kier molecular flexibility index (Phi) is 4.86. The first-order valence-corrected chi connectivity index (χ1v) is 7.21. The molecule has 0 radical (unpaired) electrons. The Morgan fingerprint density at radius 3 is 2.71 bits per heavy atom. The monoisotopic (exact) mass is 250 g/mol. The summed E-state index contributed by atoms with van der Waals surface area (Å²) in [7, 11) is 0. The maximum Gasteiger partial charge on any atom is 0.234 e. The SMILES string of the molecule is O=C(CSC1CCCCC1)Nc1ccncc1. The predicted molar refractivity (Wildman–Crippen MR) is 72.2 cm³/mol. The molecule has 1 saturated carbocycles.